The molecule has 2 rings (SSSR count). The molecule has 0 spiro atoms. The van der Waals surface area contributed by atoms with Gasteiger partial charge in [0.25, 0.3) is 5.91 Å². The molecule has 0 radical (unpaired) electrons. The van der Waals surface area contributed by atoms with E-state index in [2.05, 4.69) is 20.8 Å². The first-order valence-electron chi connectivity index (χ1n) is 5.88. The third kappa shape index (κ3) is 2.44. The number of hydrogen-bond donors (Lipinski definition) is 4. The van der Waals surface area contributed by atoms with Crippen molar-refractivity contribution in [1.29, 1.82) is 5.26 Å². The maximum absolute atomic E-state index is 11.9. The van der Waals surface area contributed by atoms with Crippen LogP contribution in [0.5, 0.6) is 0 Å². The lowest BCUT2D eigenvalue weighted by Crippen LogP contribution is -2.20. The van der Waals surface area contributed by atoms with E-state index in [9.17, 15) is 4.79 Å². The number of carbonyl (C=O) groups is 1. The van der Waals surface area contributed by atoms with E-state index >= 15 is 0 Å². The molecule has 5 N–H and O–H groups in total. The molecule has 0 aromatic carbocycles. The molecule has 2 heterocycles. The standard InChI is InChI=1S/C12H14N6OS/c1-6(7-4-16-17-5-7)18-12-9(11(19)15-2)10(14)8(3-13)20-12/h4-6,18H,14H2,1-2H3,(H,15,19)(H,16,17). The molecule has 104 valence electrons. The molecular weight excluding hydrogens is 276 g/mol. The van der Waals surface area contributed by atoms with Gasteiger partial charge in [-0.15, -0.1) is 11.3 Å². The summed E-state index contributed by atoms with van der Waals surface area (Å²) in [6.45, 7) is 1.93. The van der Waals surface area contributed by atoms with Gasteiger partial charge in [0.1, 0.15) is 15.9 Å². The molecule has 1 unspecified atom stereocenters. The SMILES string of the molecule is CNC(=O)c1c(NC(C)c2cn[nH]c2)sc(C#N)c1N. The predicted octanol–water partition coefficient (Wildman–Crippen LogP) is 1.46. The van der Waals surface area contributed by atoms with Crippen molar-refractivity contribution < 1.29 is 4.79 Å². The maximum Gasteiger partial charge on any atom is 0.256 e. The van der Waals surface area contributed by atoms with Gasteiger partial charge in [-0.05, 0) is 6.92 Å². The summed E-state index contributed by atoms with van der Waals surface area (Å²) >= 11 is 1.17. The minimum absolute atomic E-state index is 0.0678. The van der Waals surface area contributed by atoms with Gasteiger partial charge >= 0.3 is 0 Å². The number of aromatic nitrogens is 2. The van der Waals surface area contributed by atoms with E-state index in [4.69, 9.17) is 11.0 Å². The number of carbonyl (C=O) groups excluding carboxylic acids is 1. The van der Waals surface area contributed by atoms with Crippen LogP contribution in [0.25, 0.3) is 0 Å². The average molecular weight is 290 g/mol. The van der Waals surface area contributed by atoms with Crippen molar-refractivity contribution in [1.82, 2.24) is 15.5 Å². The first-order chi connectivity index (χ1) is 9.58. The van der Waals surface area contributed by atoms with Crippen molar-refractivity contribution in [3.63, 3.8) is 0 Å². The van der Waals surface area contributed by atoms with E-state index in [1.54, 1.807) is 12.4 Å². The van der Waals surface area contributed by atoms with Gasteiger partial charge in [0, 0.05) is 18.8 Å². The Morgan fingerprint density at radius 2 is 2.40 bits per heavy atom. The van der Waals surface area contributed by atoms with E-state index in [0.29, 0.717) is 15.4 Å². The quantitative estimate of drug-likeness (QED) is 0.679. The summed E-state index contributed by atoms with van der Waals surface area (Å²) in [5.41, 5.74) is 7.31. The summed E-state index contributed by atoms with van der Waals surface area (Å²) in [5, 5.41) is 21.9. The highest BCUT2D eigenvalue weighted by Gasteiger charge is 2.22. The predicted molar refractivity (Wildman–Crippen MR) is 77.5 cm³/mol. The Labute approximate surface area is 119 Å². The smallest absolute Gasteiger partial charge is 0.256 e. The number of nitrogens with two attached hydrogens (primary N) is 1. The van der Waals surface area contributed by atoms with Gasteiger partial charge in [-0.2, -0.15) is 10.4 Å². The molecule has 8 heteroatoms. The van der Waals surface area contributed by atoms with Gasteiger partial charge < -0.3 is 16.4 Å². The lowest BCUT2D eigenvalue weighted by Gasteiger charge is -2.13. The number of rotatable bonds is 4. The molecule has 2 aromatic rings. The second kappa shape index (κ2) is 5.63. The highest BCUT2D eigenvalue weighted by Crippen LogP contribution is 2.37. The third-order valence-electron chi connectivity index (χ3n) is 2.87. The zero-order valence-corrected chi connectivity index (χ0v) is 11.8. The Balaban J connectivity index is 2.36. The summed E-state index contributed by atoms with van der Waals surface area (Å²) in [6, 6.07) is 1.93. The highest BCUT2D eigenvalue weighted by molar-refractivity contribution is 7.17. The van der Waals surface area contributed by atoms with Crippen molar-refractivity contribution >= 4 is 27.9 Å². The first-order valence-corrected chi connectivity index (χ1v) is 6.69. The molecule has 0 aliphatic carbocycles. The molecule has 0 saturated carbocycles. The minimum atomic E-state index is -0.317. The van der Waals surface area contributed by atoms with Crippen LogP contribution in [0.2, 0.25) is 0 Å². The number of H-pyrrole nitrogens is 1. The second-order valence-corrected chi connectivity index (χ2v) is 5.16. The Morgan fingerprint density at radius 3 is 2.95 bits per heavy atom. The molecule has 0 fully saturated rings. The molecule has 20 heavy (non-hydrogen) atoms. The van der Waals surface area contributed by atoms with Crippen LogP contribution in [0.1, 0.15) is 33.8 Å². The fourth-order valence-corrected chi connectivity index (χ4v) is 2.76. The van der Waals surface area contributed by atoms with Crippen LogP contribution in [-0.4, -0.2) is 23.2 Å². The van der Waals surface area contributed by atoms with Gasteiger partial charge in [-0.3, -0.25) is 9.89 Å². The summed E-state index contributed by atoms with van der Waals surface area (Å²) in [6.07, 6.45) is 3.46. The van der Waals surface area contributed by atoms with E-state index in [1.807, 2.05) is 13.0 Å². The minimum Gasteiger partial charge on any atom is -0.396 e. The fraction of sp³-hybridized carbons (Fsp3) is 0.250. The van der Waals surface area contributed by atoms with E-state index in [-0.39, 0.29) is 17.6 Å². The molecule has 0 aliphatic heterocycles. The van der Waals surface area contributed by atoms with Crippen LogP contribution < -0.4 is 16.4 Å². The summed E-state index contributed by atoms with van der Waals surface area (Å²) in [5.74, 6) is -0.317. The topological polar surface area (TPSA) is 120 Å². The van der Waals surface area contributed by atoms with E-state index in [0.717, 1.165) is 5.56 Å². The van der Waals surface area contributed by atoms with Crippen LogP contribution in [-0.2, 0) is 0 Å². The number of nitrogens with zero attached hydrogens (tertiary/aromatic N) is 2. The van der Waals surface area contributed by atoms with E-state index in [1.165, 1.54) is 18.4 Å². The number of amides is 1. The third-order valence-corrected chi connectivity index (χ3v) is 3.91. The zero-order valence-electron chi connectivity index (χ0n) is 11.0. The summed E-state index contributed by atoms with van der Waals surface area (Å²) in [4.78, 5) is 12.2. The molecule has 1 atom stereocenters. The monoisotopic (exact) mass is 290 g/mol. The number of thiophene rings is 1. The van der Waals surface area contributed by atoms with Crippen LogP contribution in [0.3, 0.4) is 0 Å². The zero-order chi connectivity index (χ0) is 14.7. The molecular formula is C12H14N6OS. The molecule has 0 aliphatic rings. The van der Waals surface area contributed by atoms with E-state index < -0.39 is 0 Å². The lowest BCUT2D eigenvalue weighted by atomic mass is 10.1. The molecule has 0 saturated heterocycles. The second-order valence-electron chi connectivity index (χ2n) is 4.14. The molecule has 1 amide bonds. The largest absolute Gasteiger partial charge is 0.396 e. The summed E-state index contributed by atoms with van der Waals surface area (Å²) in [7, 11) is 1.52. The van der Waals surface area contributed by atoms with Crippen LogP contribution >= 0.6 is 11.3 Å². The van der Waals surface area contributed by atoms with Gasteiger partial charge in [-0.1, -0.05) is 0 Å². The highest BCUT2D eigenvalue weighted by atomic mass is 32.1. The summed E-state index contributed by atoms with van der Waals surface area (Å²) < 4.78 is 0. The van der Waals surface area contributed by atoms with Crippen molar-refractivity contribution in [3.8, 4) is 6.07 Å². The lowest BCUT2D eigenvalue weighted by molar-refractivity contribution is 0.0965. The number of nitrogen functional groups attached to an aromatic ring is 1. The van der Waals surface area contributed by atoms with Crippen LogP contribution in [0, 0.1) is 11.3 Å². The number of nitrogens with one attached hydrogen (secondary N) is 3. The Hall–Kier alpha value is -2.53. The van der Waals surface area contributed by atoms with Crippen LogP contribution in [0.15, 0.2) is 12.4 Å². The fourth-order valence-electron chi connectivity index (χ4n) is 1.76. The molecule has 7 nitrogen and oxygen atoms in total. The van der Waals surface area contributed by atoms with Gasteiger partial charge in [0.2, 0.25) is 0 Å². The number of nitriles is 1. The van der Waals surface area contributed by atoms with Crippen molar-refractivity contribution in [3.05, 3.63) is 28.4 Å². The molecule has 2 aromatic heterocycles. The average Bonchev–Trinajstić information content (AvgIpc) is 3.06. The van der Waals surface area contributed by atoms with Gasteiger partial charge in [0.15, 0.2) is 0 Å². The van der Waals surface area contributed by atoms with Crippen molar-refractivity contribution in [2.45, 2.75) is 13.0 Å². The number of anilines is 2. The van der Waals surface area contributed by atoms with Crippen LogP contribution in [0.4, 0.5) is 10.7 Å². The first kappa shape index (κ1) is 13.9. The maximum atomic E-state index is 11.9. The number of aromatic amines is 1. The van der Waals surface area contributed by atoms with Crippen molar-refractivity contribution in [2.24, 2.45) is 0 Å². The Kier molecular flexibility index (Phi) is 3.91. The van der Waals surface area contributed by atoms with Gasteiger partial charge in [-0.25, -0.2) is 0 Å². The Morgan fingerprint density at radius 1 is 1.65 bits per heavy atom. The Bertz CT molecular complexity index is 654. The van der Waals surface area contributed by atoms with Crippen molar-refractivity contribution in [2.75, 3.05) is 18.1 Å². The molecule has 0 bridgehead atoms. The number of hydrogen-bond acceptors (Lipinski definition) is 6. The van der Waals surface area contributed by atoms with Gasteiger partial charge in [0.05, 0.1) is 23.5 Å². The normalized spacial score (nSPS) is 11.7.